The maximum absolute atomic E-state index is 12.4. The number of ether oxygens (including phenoxy) is 3. The van der Waals surface area contributed by atoms with Gasteiger partial charge in [0.05, 0.1) is 18.0 Å². The van der Waals surface area contributed by atoms with Crippen molar-refractivity contribution < 1.29 is 33.5 Å². The van der Waals surface area contributed by atoms with E-state index in [1.54, 1.807) is 20.8 Å². The van der Waals surface area contributed by atoms with E-state index in [2.05, 4.69) is 0 Å². The van der Waals surface area contributed by atoms with Crippen molar-refractivity contribution in [1.29, 1.82) is 0 Å². The Morgan fingerprint density at radius 3 is 2.38 bits per heavy atom. The van der Waals surface area contributed by atoms with Gasteiger partial charge in [0.25, 0.3) is 5.69 Å². The molecule has 0 unspecified atom stereocenters. The molecule has 1 fully saturated rings. The van der Waals surface area contributed by atoms with Crippen molar-refractivity contribution in [3.8, 4) is 0 Å². The first-order valence-corrected chi connectivity index (χ1v) is 8.79. The average Bonchev–Trinajstić information content (AvgIpc) is 2.68. The fraction of sp³-hybridized carbons (Fsp3) is 0.421. The third-order valence-corrected chi connectivity index (χ3v) is 4.44. The number of β-lactam (4-membered cyclic amide) rings is 1. The lowest BCUT2D eigenvalue weighted by atomic mass is 9.92. The molecule has 1 aromatic rings. The van der Waals surface area contributed by atoms with Gasteiger partial charge < -0.3 is 19.1 Å². The molecule has 10 nitrogen and oxygen atoms in total. The minimum absolute atomic E-state index is 0.0688. The van der Waals surface area contributed by atoms with Crippen LogP contribution in [0.3, 0.4) is 0 Å². The fourth-order valence-electron chi connectivity index (χ4n) is 2.81. The number of carbonyl (C=O) groups excluding carboxylic acids is 3. The van der Waals surface area contributed by atoms with Crippen LogP contribution in [0.1, 0.15) is 26.3 Å². The van der Waals surface area contributed by atoms with Crippen LogP contribution < -0.4 is 0 Å². The van der Waals surface area contributed by atoms with Crippen LogP contribution in [0.5, 0.6) is 0 Å². The summed E-state index contributed by atoms with van der Waals surface area (Å²) < 4.78 is 14.8. The van der Waals surface area contributed by atoms with E-state index in [9.17, 15) is 24.5 Å². The number of methoxy groups -OCH3 is 1. The number of non-ortho nitro benzene ring substituents is 1. The van der Waals surface area contributed by atoms with E-state index in [4.69, 9.17) is 14.2 Å². The van der Waals surface area contributed by atoms with Crippen molar-refractivity contribution in [2.45, 2.75) is 33.5 Å². The predicted octanol–water partition coefficient (Wildman–Crippen LogP) is 2.56. The monoisotopic (exact) mass is 406 g/mol. The number of esters is 1. The highest BCUT2D eigenvalue weighted by atomic mass is 16.7. The number of amides is 1. The van der Waals surface area contributed by atoms with E-state index < -0.39 is 29.1 Å². The van der Waals surface area contributed by atoms with Gasteiger partial charge in [-0.15, -0.1) is 0 Å². The molecule has 1 saturated heterocycles. The Morgan fingerprint density at radius 2 is 1.90 bits per heavy atom. The van der Waals surface area contributed by atoms with Gasteiger partial charge in [-0.2, -0.15) is 0 Å². The molecule has 0 radical (unpaired) electrons. The van der Waals surface area contributed by atoms with E-state index in [0.717, 1.165) is 0 Å². The van der Waals surface area contributed by atoms with E-state index in [1.807, 2.05) is 0 Å². The molecule has 0 N–H and O–H groups in total. The second-order valence-electron chi connectivity index (χ2n) is 6.68. The molecule has 156 valence electrons. The van der Waals surface area contributed by atoms with E-state index in [1.165, 1.54) is 36.3 Å². The normalized spacial score (nSPS) is 16.3. The summed E-state index contributed by atoms with van der Waals surface area (Å²) in [5, 5.41) is 10.6. The Balaban J connectivity index is 1.86. The van der Waals surface area contributed by atoms with Crippen LogP contribution in [-0.2, 0) is 30.4 Å². The zero-order valence-corrected chi connectivity index (χ0v) is 16.5. The highest BCUT2D eigenvalue weighted by molar-refractivity contribution is 5.98. The highest BCUT2D eigenvalue weighted by Gasteiger charge is 2.45. The molecule has 1 aliphatic rings. The summed E-state index contributed by atoms with van der Waals surface area (Å²) in [7, 11) is 1.24. The molecule has 2 atom stereocenters. The maximum atomic E-state index is 12.4. The number of nitro groups is 1. The number of hydrogen-bond acceptors (Lipinski definition) is 8. The summed E-state index contributed by atoms with van der Waals surface area (Å²) in [4.78, 5) is 47.5. The number of nitro benzene ring substituents is 1. The van der Waals surface area contributed by atoms with Crippen LogP contribution in [0.2, 0.25) is 0 Å². The van der Waals surface area contributed by atoms with Crippen LogP contribution in [0.4, 0.5) is 10.5 Å². The second-order valence-corrected chi connectivity index (χ2v) is 6.68. The van der Waals surface area contributed by atoms with Crippen molar-refractivity contribution in [1.82, 2.24) is 4.90 Å². The summed E-state index contributed by atoms with van der Waals surface area (Å²) in [6.07, 6.45) is -1.71. The van der Waals surface area contributed by atoms with Gasteiger partial charge in [-0.1, -0.05) is 0 Å². The smallest absolute Gasteiger partial charge is 0.464 e. The van der Waals surface area contributed by atoms with Gasteiger partial charge in [0.2, 0.25) is 5.91 Å². The zero-order valence-electron chi connectivity index (χ0n) is 16.5. The molecule has 0 aliphatic carbocycles. The van der Waals surface area contributed by atoms with Crippen LogP contribution in [0.15, 0.2) is 35.5 Å². The molecule has 1 aliphatic heterocycles. The summed E-state index contributed by atoms with van der Waals surface area (Å²) >= 11 is 0. The van der Waals surface area contributed by atoms with Gasteiger partial charge in [0.15, 0.2) is 0 Å². The van der Waals surface area contributed by atoms with Crippen LogP contribution in [0.25, 0.3) is 0 Å². The lowest BCUT2D eigenvalue weighted by molar-refractivity contribution is -0.384. The average molecular weight is 406 g/mol. The number of nitrogens with zero attached hydrogens (tertiary/aromatic N) is 2. The second kappa shape index (κ2) is 9.18. The summed E-state index contributed by atoms with van der Waals surface area (Å²) in [6, 6.07) is 5.54. The Morgan fingerprint density at radius 1 is 1.28 bits per heavy atom. The number of carbonyl (C=O) groups is 3. The molecular formula is C19H22N2O8. The molecule has 0 bridgehead atoms. The van der Waals surface area contributed by atoms with Gasteiger partial charge in [0.1, 0.15) is 18.4 Å². The first kappa shape index (κ1) is 21.9. The van der Waals surface area contributed by atoms with Crippen molar-refractivity contribution in [3.63, 3.8) is 0 Å². The Bertz CT molecular complexity index is 842. The Labute approximate surface area is 167 Å². The van der Waals surface area contributed by atoms with Crippen molar-refractivity contribution in [2.24, 2.45) is 5.92 Å². The molecule has 0 aromatic heterocycles. The van der Waals surface area contributed by atoms with Gasteiger partial charge in [-0.3, -0.25) is 14.9 Å². The zero-order chi connectivity index (χ0) is 21.7. The number of benzene rings is 1. The standard InChI is InChI=1S/C19H22N2O8/c1-11(2)16(18(23)27-4)20-9-15(17(20)22)12(3)29-19(24)28-10-13-5-7-14(8-6-13)21(25)26/h5-8,12,15H,9-10H2,1-4H3/t12-,15+/m1/s1. The van der Waals surface area contributed by atoms with Crippen LogP contribution >= 0.6 is 0 Å². The maximum Gasteiger partial charge on any atom is 0.508 e. The number of allylic oxidation sites excluding steroid dienone is 1. The van der Waals surface area contributed by atoms with Crippen molar-refractivity contribution in [2.75, 3.05) is 13.7 Å². The molecule has 0 spiro atoms. The minimum atomic E-state index is -0.961. The molecule has 2 rings (SSSR count). The number of likely N-dealkylation sites (tertiary alicyclic amines) is 1. The van der Waals surface area contributed by atoms with Gasteiger partial charge in [0, 0.05) is 18.7 Å². The lowest BCUT2D eigenvalue weighted by Gasteiger charge is -2.41. The van der Waals surface area contributed by atoms with Gasteiger partial charge in [-0.05, 0) is 44.0 Å². The van der Waals surface area contributed by atoms with Crippen molar-refractivity contribution in [3.05, 3.63) is 51.2 Å². The predicted molar refractivity (Wildman–Crippen MR) is 99.4 cm³/mol. The highest BCUT2D eigenvalue weighted by Crippen LogP contribution is 2.29. The molecule has 29 heavy (non-hydrogen) atoms. The first-order valence-electron chi connectivity index (χ1n) is 8.79. The van der Waals surface area contributed by atoms with Gasteiger partial charge >= 0.3 is 12.1 Å². The van der Waals surface area contributed by atoms with Crippen molar-refractivity contribution >= 4 is 23.7 Å². The molecule has 1 heterocycles. The Hall–Kier alpha value is -3.43. The Kier molecular flexibility index (Phi) is 6.92. The summed E-state index contributed by atoms with van der Waals surface area (Å²) in [5.41, 5.74) is 1.31. The van der Waals surface area contributed by atoms with E-state index in [-0.39, 0.29) is 30.4 Å². The lowest BCUT2D eigenvalue weighted by Crippen LogP contribution is -2.57. The van der Waals surface area contributed by atoms with Crippen LogP contribution in [0, 0.1) is 16.0 Å². The fourth-order valence-corrected chi connectivity index (χ4v) is 2.81. The van der Waals surface area contributed by atoms with E-state index >= 15 is 0 Å². The number of rotatable bonds is 7. The quantitative estimate of drug-likeness (QED) is 0.222. The minimum Gasteiger partial charge on any atom is -0.464 e. The third kappa shape index (κ3) is 5.09. The topological polar surface area (TPSA) is 125 Å². The molecule has 0 saturated carbocycles. The van der Waals surface area contributed by atoms with Crippen LogP contribution in [-0.4, -0.2) is 47.6 Å². The molecule has 1 amide bonds. The summed E-state index contributed by atoms with van der Waals surface area (Å²) in [6.45, 7) is 5.04. The van der Waals surface area contributed by atoms with E-state index in [0.29, 0.717) is 11.1 Å². The third-order valence-electron chi connectivity index (χ3n) is 4.44. The molecule has 10 heteroatoms. The first-order chi connectivity index (χ1) is 13.6. The molecular weight excluding hydrogens is 384 g/mol. The number of hydrogen-bond donors (Lipinski definition) is 0. The van der Waals surface area contributed by atoms with Gasteiger partial charge in [-0.25, -0.2) is 9.59 Å². The summed E-state index contributed by atoms with van der Waals surface area (Å²) in [5.74, 6) is -1.55. The molecule has 1 aromatic carbocycles. The SMILES string of the molecule is COC(=O)C(=C(C)C)N1C[C@@H]([C@@H](C)OC(=O)OCc2ccc([N+](=O)[O-])cc2)C1=O. The largest absolute Gasteiger partial charge is 0.508 e.